The summed E-state index contributed by atoms with van der Waals surface area (Å²) < 4.78 is 2.14. The zero-order valence-corrected chi connectivity index (χ0v) is 16.9. The molecule has 1 heterocycles. The van der Waals surface area contributed by atoms with E-state index < -0.39 is 0 Å². The van der Waals surface area contributed by atoms with Gasteiger partial charge < -0.3 is 10.3 Å². The SMILES string of the molecule is Cc1c(C(=O)CN)c2ccc(CCSC3CC3)cc2n1-c1ccc(Cl)cc1. The number of fused-ring (bicyclic) bond motifs is 1. The second kappa shape index (κ2) is 7.70. The van der Waals surface area contributed by atoms with Crippen LogP contribution in [0.1, 0.15) is 34.5 Å². The molecule has 27 heavy (non-hydrogen) atoms. The largest absolute Gasteiger partial charge is 0.324 e. The van der Waals surface area contributed by atoms with E-state index in [1.54, 1.807) is 0 Å². The number of halogens is 1. The fourth-order valence-electron chi connectivity index (χ4n) is 3.57. The maximum absolute atomic E-state index is 12.5. The minimum Gasteiger partial charge on any atom is -0.324 e. The number of carbonyl (C=O) groups is 1. The van der Waals surface area contributed by atoms with Crippen LogP contribution >= 0.6 is 23.4 Å². The van der Waals surface area contributed by atoms with Crippen molar-refractivity contribution in [1.29, 1.82) is 0 Å². The first kappa shape index (κ1) is 18.6. The number of Topliss-reactive ketones (excluding diaryl/α,β-unsaturated/α-hetero) is 1. The molecule has 0 radical (unpaired) electrons. The van der Waals surface area contributed by atoms with E-state index in [2.05, 4.69) is 34.5 Å². The van der Waals surface area contributed by atoms with Crippen LogP contribution in [0.15, 0.2) is 42.5 Å². The Hall–Kier alpha value is -1.75. The van der Waals surface area contributed by atoms with E-state index in [4.69, 9.17) is 17.3 Å². The number of benzene rings is 2. The number of thioether (sulfide) groups is 1. The van der Waals surface area contributed by atoms with Gasteiger partial charge in [-0.3, -0.25) is 4.79 Å². The minimum atomic E-state index is -0.0257. The highest BCUT2D eigenvalue weighted by atomic mass is 35.5. The normalized spacial score (nSPS) is 14.0. The molecule has 1 saturated carbocycles. The van der Waals surface area contributed by atoms with Crippen LogP contribution in [-0.2, 0) is 6.42 Å². The van der Waals surface area contributed by atoms with E-state index in [1.807, 2.05) is 31.2 Å². The molecule has 0 aliphatic heterocycles. The number of hydrogen-bond acceptors (Lipinski definition) is 3. The van der Waals surface area contributed by atoms with Gasteiger partial charge in [0.2, 0.25) is 0 Å². The molecule has 4 rings (SSSR count). The zero-order valence-electron chi connectivity index (χ0n) is 15.4. The number of rotatable bonds is 7. The molecule has 0 saturated heterocycles. The molecule has 0 spiro atoms. The predicted molar refractivity (Wildman–Crippen MR) is 116 cm³/mol. The van der Waals surface area contributed by atoms with Crippen LogP contribution in [0.5, 0.6) is 0 Å². The predicted octanol–water partition coefficient (Wildman–Crippen LogP) is 5.17. The topological polar surface area (TPSA) is 48.0 Å². The van der Waals surface area contributed by atoms with E-state index >= 15 is 0 Å². The first-order valence-electron chi connectivity index (χ1n) is 9.33. The van der Waals surface area contributed by atoms with E-state index in [1.165, 1.54) is 18.4 Å². The lowest BCUT2D eigenvalue weighted by Crippen LogP contribution is -2.14. The smallest absolute Gasteiger partial charge is 0.178 e. The van der Waals surface area contributed by atoms with Crippen LogP contribution in [0.3, 0.4) is 0 Å². The third-order valence-electron chi connectivity index (χ3n) is 5.09. The lowest BCUT2D eigenvalue weighted by molar-refractivity contribution is 0.100. The van der Waals surface area contributed by atoms with Crippen molar-refractivity contribution in [1.82, 2.24) is 4.57 Å². The Morgan fingerprint density at radius 2 is 1.96 bits per heavy atom. The minimum absolute atomic E-state index is 0.0142. The van der Waals surface area contributed by atoms with Gasteiger partial charge in [0, 0.05) is 32.6 Å². The zero-order chi connectivity index (χ0) is 19.0. The van der Waals surface area contributed by atoms with Gasteiger partial charge in [0.25, 0.3) is 0 Å². The molecule has 5 heteroatoms. The molecule has 1 aromatic heterocycles. The summed E-state index contributed by atoms with van der Waals surface area (Å²) in [5.74, 6) is 1.12. The van der Waals surface area contributed by atoms with Gasteiger partial charge in [-0.1, -0.05) is 23.7 Å². The molecular formula is C22H23ClN2OS. The van der Waals surface area contributed by atoms with E-state index in [0.29, 0.717) is 5.02 Å². The fraction of sp³-hybridized carbons (Fsp3) is 0.318. The number of nitrogens with zero attached hydrogens (tertiary/aromatic N) is 1. The number of carbonyl (C=O) groups excluding carboxylic acids is 1. The molecule has 0 amide bonds. The summed E-state index contributed by atoms with van der Waals surface area (Å²) in [7, 11) is 0. The number of aryl methyl sites for hydroxylation is 1. The maximum Gasteiger partial charge on any atom is 0.178 e. The van der Waals surface area contributed by atoms with E-state index in [0.717, 1.165) is 45.3 Å². The molecule has 3 aromatic rings. The van der Waals surface area contributed by atoms with Crippen LogP contribution in [-0.4, -0.2) is 27.9 Å². The summed E-state index contributed by atoms with van der Waals surface area (Å²) in [5, 5.41) is 2.54. The second-order valence-corrected chi connectivity index (χ2v) is 8.92. The summed E-state index contributed by atoms with van der Waals surface area (Å²) in [6, 6.07) is 14.2. The molecule has 0 bridgehead atoms. The van der Waals surface area contributed by atoms with E-state index in [9.17, 15) is 4.79 Å². The van der Waals surface area contributed by atoms with Crippen LogP contribution in [0.4, 0.5) is 0 Å². The van der Waals surface area contributed by atoms with E-state index in [-0.39, 0.29) is 12.3 Å². The molecule has 0 atom stereocenters. The van der Waals surface area contributed by atoms with Gasteiger partial charge in [0.1, 0.15) is 0 Å². The number of ketones is 1. The number of hydrogen-bond donors (Lipinski definition) is 1. The highest BCUT2D eigenvalue weighted by Crippen LogP contribution is 2.35. The molecule has 1 aliphatic rings. The number of nitrogens with two attached hydrogens (primary N) is 1. The molecule has 3 nitrogen and oxygen atoms in total. The van der Waals surface area contributed by atoms with Gasteiger partial charge in [-0.15, -0.1) is 0 Å². The average Bonchev–Trinajstić information content (AvgIpc) is 3.44. The summed E-state index contributed by atoms with van der Waals surface area (Å²) >= 11 is 8.14. The van der Waals surface area contributed by atoms with Gasteiger partial charge >= 0.3 is 0 Å². The molecular weight excluding hydrogens is 376 g/mol. The lowest BCUT2D eigenvalue weighted by Gasteiger charge is -2.10. The Bertz CT molecular complexity index is 990. The third-order valence-corrected chi connectivity index (χ3v) is 6.72. The summed E-state index contributed by atoms with van der Waals surface area (Å²) in [4.78, 5) is 12.5. The van der Waals surface area contributed by atoms with Gasteiger partial charge in [0.15, 0.2) is 5.78 Å². The van der Waals surface area contributed by atoms with Crippen LogP contribution in [0, 0.1) is 6.92 Å². The van der Waals surface area contributed by atoms with Crippen LogP contribution in [0.25, 0.3) is 16.6 Å². The van der Waals surface area contributed by atoms with Crippen LogP contribution < -0.4 is 5.73 Å². The molecule has 0 unspecified atom stereocenters. The van der Waals surface area contributed by atoms with Gasteiger partial charge in [-0.2, -0.15) is 11.8 Å². The van der Waals surface area contributed by atoms with Crippen molar-refractivity contribution in [2.75, 3.05) is 12.3 Å². The lowest BCUT2D eigenvalue weighted by atomic mass is 10.0. The second-order valence-electron chi connectivity index (χ2n) is 7.07. The Balaban J connectivity index is 1.80. The van der Waals surface area contributed by atoms with Crippen molar-refractivity contribution in [3.05, 3.63) is 64.3 Å². The van der Waals surface area contributed by atoms with Crippen molar-refractivity contribution >= 4 is 40.0 Å². The summed E-state index contributed by atoms with van der Waals surface area (Å²) in [6.07, 6.45) is 3.78. The molecule has 2 aromatic carbocycles. The highest BCUT2D eigenvalue weighted by Gasteiger charge is 2.22. The average molecular weight is 399 g/mol. The highest BCUT2D eigenvalue weighted by molar-refractivity contribution is 8.00. The molecule has 140 valence electrons. The van der Waals surface area contributed by atoms with Crippen molar-refractivity contribution in [2.24, 2.45) is 5.73 Å². The first-order valence-corrected chi connectivity index (χ1v) is 10.8. The Kier molecular flexibility index (Phi) is 5.31. The van der Waals surface area contributed by atoms with Crippen LogP contribution in [0.2, 0.25) is 5.02 Å². The first-order chi connectivity index (χ1) is 13.1. The van der Waals surface area contributed by atoms with Gasteiger partial charge in [-0.05, 0) is 67.8 Å². The monoisotopic (exact) mass is 398 g/mol. The fourth-order valence-corrected chi connectivity index (χ4v) is 4.85. The van der Waals surface area contributed by atoms with Gasteiger partial charge in [-0.25, -0.2) is 0 Å². The van der Waals surface area contributed by atoms with Crippen molar-refractivity contribution < 1.29 is 4.79 Å². The quantitative estimate of drug-likeness (QED) is 0.558. The third kappa shape index (κ3) is 3.79. The molecule has 1 fully saturated rings. The van der Waals surface area contributed by atoms with Crippen molar-refractivity contribution in [2.45, 2.75) is 31.4 Å². The van der Waals surface area contributed by atoms with Crippen molar-refractivity contribution in [3.63, 3.8) is 0 Å². The van der Waals surface area contributed by atoms with Gasteiger partial charge in [0.05, 0.1) is 12.1 Å². The summed E-state index contributed by atoms with van der Waals surface area (Å²) in [5.41, 5.74) is 10.7. The standard InChI is InChI=1S/C22H23ClN2OS/c1-14-22(21(26)13-24)19-9-2-15(10-11-27-18-7-8-18)12-20(19)25(14)17-5-3-16(23)4-6-17/h2-6,9,12,18H,7-8,10-11,13,24H2,1H3. The molecule has 1 aliphatic carbocycles. The Morgan fingerprint density at radius 1 is 1.22 bits per heavy atom. The summed E-state index contributed by atoms with van der Waals surface area (Å²) in [6.45, 7) is 2.00. The maximum atomic E-state index is 12.5. The Labute approximate surface area is 168 Å². The Morgan fingerprint density at radius 3 is 2.63 bits per heavy atom. The number of aromatic nitrogens is 1. The molecule has 2 N–H and O–H groups in total. The van der Waals surface area contributed by atoms with Crippen molar-refractivity contribution in [3.8, 4) is 5.69 Å².